The molecule has 3 heterocycles. The fourth-order valence-electron chi connectivity index (χ4n) is 7.70. The van der Waals surface area contributed by atoms with Crippen molar-refractivity contribution in [1.29, 1.82) is 5.41 Å². The highest BCUT2D eigenvalue weighted by atomic mass is 35.6. The second-order valence-electron chi connectivity index (χ2n) is 15.8. The Balaban J connectivity index is 1.47. The average molecular weight is 990 g/mol. The van der Waals surface area contributed by atoms with Crippen LogP contribution in [0.4, 0.5) is 0 Å². The molecule has 3 aromatic rings. The Hall–Kier alpha value is -4.95. The molecule has 10 atom stereocenters. The molecule has 0 bridgehead atoms. The predicted octanol–water partition coefficient (Wildman–Crippen LogP) is 6.07. The first-order valence-corrected chi connectivity index (χ1v) is 22.3. The van der Waals surface area contributed by atoms with Crippen molar-refractivity contribution in [3.8, 4) is 0 Å². The summed E-state index contributed by atoms with van der Waals surface area (Å²) < 4.78 is 60.0. The normalized spacial score (nSPS) is 26.5. The fraction of sp³-hybridized carbons (Fsp3) is 0.447. The molecule has 2 fully saturated rings. The number of imide groups is 1. The SMILES string of the molecule is CC(=O)OC[C@H]1O[C@@H](O[C@H]2[C@H](OC(C)=O)[C@@H](N3C(=O)C(C)=C(C)C3=O)[C@H](OC(=N)C(Cl)(Cl)Cl)O[C@@H]2COCc2ccccc2)[C@H](OC(C)=O)[C@@H](OCc2ccccc2)[C@@H]1OCc1ccccc1. The third-order valence-electron chi connectivity index (χ3n) is 10.9. The smallest absolute Gasteiger partial charge is 0.303 e. The van der Waals surface area contributed by atoms with E-state index in [1.165, 1.54) is 27.7 Å². The number of nitrogens with one attached hydrogen (secondary N) is 1. The van der Waals surface area contributed by atoms with Crippen molar-refractivity contribution in [3.05, 3.63) is 119 Å². The van der Waals surface area contributed by atoms with Crippen molar-refractivity contribution in [2.24, 2.45) is 0 Å². The molecule has 2 saturated heterocycles. The molecule has 20 heteroatoms. The lowest BCUT2D eigenvalue weighted by Gasteiger charge is -2.50. The van der Waals surface area contributed by atoms with Gasteiger partial charge in [-0.2, -0.15) is 0 Å². The van der Waals surface area contributed by atoms with E-state index in [0.717, 1.165) is 28.5 Å². The standard InChI is InChI=1S/C47H51Cl3N2O15/c1-26-27(2)43(57)52(42(26)56)36-39(62-29(4)54)38(34(24-58-21-31-15-9-6-10-16-31)64-44(36)67-46(51)47(48,49)50)66-45-41(63-30(5)55)40(61-23-33-19-13-8-14-20-33)37(35(65-45)25-59-28(3)53)60-22-32-17-11-7-12-18-32/h6-20,34-41,44-45,51H,21-25H2,1-5H3/t34-,35-,36-,37-,38-,39-,40+,41-,44+,45+/m1/s1. The number of alkyl halides is 3. The molecule has 0 aromatic heterocycles. The lowest BCUT2D eigenvalue weighted by molar-refractivity contribution is -0.356. The van der Waals surface area contributed by atoms with Gasteiger partial charge in [0.1, 0.15) is 43.2 Å². The van der Waals surface area contributed by atoms with Gasteiger partial charge in [0, 0.05) is 31.9 Å². The van der Waals surface area contributed by atoms with Gasteiger partial charge in [-0.15, -0.1) is 0 Å². The Kier molecular flexibility index (Phi) is 17.9. The quantitative estimate of drug-likeness (QED) is 0.0384. The first-order chi connectivity index (χ1) is 31.9. The van der Waals surface area contributed by atoms with Crippen molar-refractivity contribution in [2.45, 2.75) is 120 Å². The number of ether oxygens (including phenoxy) is 10. The van der Waals surface area contributed by atoms with Crippen molar-refractivity contribution >= 4 is 70.4 Å². The molecular formula is C47H51Cl3N2O15. The number of carbonyl (C=O) groups excluding carboxylic acids is 5. The van der Waals surface area contributed by atoms with Crippen LogP contribution in [0.1, 0.15) is 51.3 Å². The maximum atomic E-state index is 14.0. The second kappa shape index (κ2) is 23.4. The topological polar surface area (TPSA) is 205 Å². The minimum atomic E-state index is -2.46. The van der Waals surface area contributed by atoms with Crippen molar-refractivity contribution in [3.63, 3.8) is 0 Å². The van der Waals surface area contributed by atoms with E-state index in [4.69, 9.17) is 87.6 Å². The molecule has 0 unspecified atom stereocenters. The van der Waals surface area contributed by atoms with Crippen LogP contribution in [-0.2, 0) is 91.2 Å². The van der Waals surface area contributed by atoms with Gasteiger partial charge in [-0.1, -0.05) is 126 Å². The van der Waals surface area contributed by atoms with Gasteiger partial charge < -0.3 is 47.4 Å². The van der Waals surface area contributed by atoms with Crippen LogP contribution in [0.5, 0.6) is 0 Å². The van der Waals surface area contributed by atoms with E-state index in [1.54, 1.807) is 0 Å². The molecule has 360 valence electrons. The van der Waals surface area contributed by atoms with Gasteiger partial charge in [-0.3, -0.25) is 34.3 Å². The van der Waals surface area contributed by atoms with Crippen molar-refractivity contribution in [2.75, 3.05) is 13.2 Å². The molecule has 3 aliphatic rings. The molecule has 0 spiro atoms. The third-order valence-corrected chi connectivity index (χ3v) is 11.5. The molecular weight excluding hydrogens is 939 g/mol. The summed E-state index contributed by atoms with van der Waals surface area (Å²) in [4.78, 5) is 67.5. The van der Waals surface area contributed by atoms with E-state index in [9.17, 15) is 24.0 Å². The summed E-state index contributed by atoms with van der Waals surface area (Å²) in [6, 6.07) is 25.7. The molecule has 0 aliphatic carbocycles. The van der Waals surface area contributed by atoms with Gasteiger partial charge >= 0.3 is 17.9 Å². The lowest BCUT2D eigenvalue weighted by atomic mass is 9.93. The fourth-order valence-corrected chi connectivity index (χ4v) is 7.83. The van der Waals surface area contributed by atoms with Crippen molar-refractivity contribution in [1.82, 2.24) is 4.90 Å². The van der Waals surface area contributed by atoms with E-state index < -0.39 is 107 Å². The van der Waals surface area contributed by atoms with Gasteiger partial charge in [-0.25, -0.2) is 0 Å². The summed E-state index contributed by atoms with van der Waals surface area (Å²) in [7, 11) is 0. The van der Waals surface area contributed by atoms with Crippen LogP contribution in [0.2, 0.25) is 0 Å². The van der Waals surface area contributed by atoms with Gasteiger partial charge in [0.25, 0.3) is 15.6 Å². The zero-order chi connectivity index (χ0) is 48.4. The minimum absolute atomic E-state index is 0.0256. The number of benzene rings is 3. The average Bonchev–Trinajstić information content (AvgIpc) is 3.47. The largest absolute Gasteiger partial charge is 0.463 e. The Bertz CT molecular complexity index is 2220. The van der Waals surface area contributed by atoms with Gasteiger partial charge in [0.2, 0.25) is 12.2 Å². The zero-order valence-corrected chi connectivity index (χ0v) is 39.4. The number of esters is 3. The van der Waals surface area contributed by atoms with Crippen LogP contribution in [0.15, 0.2) is 102 Å². The number of hydrogen-bond acceptors (Lipinski definition) is 16. The van der Waals surface area contributed by atoms with Gasteiger partial charge in [-0.05, 0) is 30.5 Å². The Morgan fingerprint density at radius 2 is 1.06 bits per heavy atom. The lowest BCUT2D eigenvalue weighted by Crippen LogP contribution is -2.70. The Morgan fingerprint density at radius 1 is 0.597 bits per heavy atom. The highest BCUT2D eigenvalue weighted by Crippen LogP contribution is 2.40. The number of nitrogens with zero attached hydrogens (tertiary/aromatic N) is 1. The first kappa shape index (κ1) is 51.4. The number of amides is 2. The third kappa shape index (κ3) is 13.4. The summed E-state index contributed by atoms with van der Waals surface area (Å²) in [6.45, 7) is 5.61. The van der Waals surface area contributed by atoms with E-state index in [2.05, 4.69) is 0 Å². The second-order valence-corrected chi connectivity index (χ2v) is 18.1. The van der Waals surface area contributed by atoms with E-state index in [1.807, 2.05) is 91.0 Å². The predicted molar refractivity (Wildman–Crippen MR) is 239 cm³/mol. The molecule has 17 nitrogen and oxygen atoms in total. The monoisotopic (exact) mass is 988 g/mol. The summed E-state index contributed by atoms with van der Waals surface area (Å²) in [5.41, 5.74) is 2.40. The maximum absolute atomic E-state index is 14.0. The highest BCUT2D eigenvalue weighted by molar-refractivity contribution is 6.76. The molecule has 3 aliphatic heterocycles. The van der Waals surface area contributed by atoms with E-state index in [-0.39, 0.29) is 37.6 Å². The van der Waals surface area contributed by atoms with Crippen LogP contribution in [-0.4, -0.2) is 119 Å². The molecule has 67 heavy (non-hydrogen) atoms. The summed E-state index contributed by atoms with van der Waals surface area (Å²) in [5.74, 6) is -4.90. The number of hydrogen-bond donors (Lipinski definition) is 1. The molecule has 0 radical (unpaired) electrons. The van der Waals surface area contributed by atoms with Gasteiger partial charge in [0.15, 0.2) is 18.5 Å². The number of rotatable bonds is 18. The van der Waals surface area contributed by atoms with Crippen LogP contribution in [0.25, 0.3) is 0 Å². The van der Waals surface area contributed by atoms with E-state index in [0.29, 0.717) is 0 Å². The van der Waals surface area contributed by atoms with Crippen LogP contribution >= 0.6 is 34.8 Å². The van der Waals surface area contributed by atoms with Crippen LogP contribution < -0.4 is 0 Å². The summed E-state index contributed by atoms with van der Waals surface area (Å²) in [5, 5.41) is 8.51. The zero-order valence-electron chi connectivity index (χ0n) is 37.2. The summed E-state index contributed by atoms with van der Waals surface area (Å²) in [6.07, 6.45) is -13.2. The maximum Gasteiger partial charge on any atom is 0.303 e. The first-order valence-electron chi connectivity index (χ1n) is 21.2. The molecule has 1 N–H and O–H groups in total. The highest BCUT2D eigenvalue weighted by Gasteiger charge is 2.60. The van der Waals surface area contributed by atoms with E-state index >= 15 is 0 Å². The molecule has 3 aromatic carbocycles. The van der Waals surface area contributed by atoms with Gasteiger partial charge in [0.05, 0.1) is 26.4 Å². The van der Waals surface area contributed by atoms with Crippen LogP contribution in [0, 0.1) is 5.41 Å². The molecule has 2 amide bonds. The molecule has 0 saturated carbocycles. The summed E-state index contributed by atoms with van der Waals surface area (Å²) >= 11 is 18.2. The Labute approximate surface area is 402 Å². The number of halogens is 3. The van der Waals surface area contributed by atoms with Crippen molar-refractivity contribution < 1.29 is 71.3 Å². The van der Waals surface area contributed by atoms with Crippen LogP contribution in [0.3, 0.4) is 0 Å². The molecule has 6 rings (SSSR count). The Morgan fingerprint density at radius 3 is 1.55 bits per heavy atom. The number of carbonyl (C=O) groups is 5. The minimum Gasteiger partial charge on any atom is -0.463 e.